The Morgan fingerprint density at radius 3 is 2.25 bits per heavy atom. The quantitative estimate of drug-likeness (QED) is 0.677. The predicted molar refractivity (Wildman–Crippen MR) is 74.6 cm³/mol. The maximum absolute atomic E-state index is 14.0. The fraction of sp³-hybridized carbons (Fsp3) is 0.571. The van der Waals surface area contributed by atoms with Crippen LogP contribution in [0.2, 0.25) is 0 Å². The average Bonchev–Trinajstić information content (AvgIpc) is 2.73. The molecule has 1 aliphatic rings. The van der Waals surface area contributed by atoms with Gasteiger partial charge >= 0.3 is 5.69 Å². The number of nitro benzene ring substituents is 1. The highest BCUT2D eigenvalue weighted by Gasteiger charge is 2.65. The van der Waals surface area contributed by atoms with Gasteiger partial charge in [0.2, 0.25) is 0 Å². The molecule has 1 N–H and O–H groups in total. The molecule has 0 bridgehead atoms. The molecule has 1 aromatic rings. The molecular weight excluding hydrogens is 263 g/mol. The van der Waals surface area contributed by atoms with E-state index in [-0.39, 0.29) is 34.0 Å². The molecule has 110 valence electrons. The van der Waals surface area contributed by atoms with Gasteiger partial charge in [-0.2, -0.15) is 0 Å². The molecule has 0 unspecified atom stereocenters. The minimum atomic E-state index is -0.656. The molecule has 20 heavy (non-hydrogen) atoms. The molecule has 0 heterocycles. The lowest BCUT2D eigenvalue weighted by Gasteiger charge is -2.11. The Bertz CT molecular complexity index is 556. The second-order valence-electron chi connectivity index (χ2n) is 6.28. The number of anilines is 1. The van der Waals surface area contributed by atoms with Gasteiger partial charge in [-0.15, -0.1) is 0 Å². The van der Waals surface area contributed by atoms with E-state index in [1.54, 1.807) is 0 Å². The van der Waals surface area contributed by atoms with Crippen LogP contribution in [0, 0.1) is 26.8 Å². The first-order chi connectivity index (χ1) is 9.12. The van der Waals surface area contributed by atoms with Crippen LogP contribution in [0.5, 0.6) is 5.75 Å². The van der Waals surface area contributed by atoms with Gasteiger partial charge in [0.1, 0.15) is 0 Å². The molecule has 1 saturated carbocycles. The third-order valence-corrected chi connectivity index (χ3v) is 4.79. The van der Waals surface area contributed by atoms with E-state index in [0.717, 1.165) is 6.07 Å². The lowest BCUT2D eigenvalue weighted by Crippen LogP contribution is -2.11. The van der Waals surface area contributed by atoms with E-state index in [2.05, 4.69) is 33.0 Å². The largest absolute Gasteiger partial charge is 0.490 e. The maximum atomic E-state index is 14.0. The molecule has 0 aromatic heterocycles. The standard InChI is InChI=1S/C14H19FN2O3/c1-13(2)12(14(13,3)4)16-9-7-11(20-5)10(17(18)19)6-8(9)15/h6-7,12,16H,1-5H3. The fourth-order valence-corrected chi connectivity index (χ4v) is 2.67. The van der Waals surface area contributed by atoms with Crippen molar-refractivity contribution in [2.24, 2.45) is 10.8 Å². The predicted octanol–water partition coefficient (Wildman–Crippen LogP) is 3.59. The second-order valence-corrected chi connectivity index (χ2v) is 6.28. The number of rotatable bonds is 4. The molecule has 0 saturated heterocycles. The molecule has 0 radical (unpaired) electrons. The minimum Gasteiger partial charge on any atom is -0.490 e. The number of halogens is 1. The molecule has 0 aliphatic heterocycles. The van der Waals surface area contributed by atoms with Crippen molar-refractivity contribution in [1.82, 2.24) is 0 Å². The van der Waals surface area contributed by atoms with Crippen LogP contribution >= 0.6 is 0 Å². The number of ether oxygens (including phenoxy) is 1. The van der Waals surface area contributed by atoms with Crippen molar-refractivity contribution in [3.05, 3.63) is 28.1 Å². The van der Waals surface area contributed by atoms with Crippen LogP contribution in [0.4, 0.5) is 15.8 Å². The Balaban J connectivity index is 2.33. The van der Waals surface area contributed by atoms with Gasteiger partial charge in [0.25, 0.3) is 0 Å². The van der Waals surface area contributed by atoms with Gasteiger partial charge < -0.3 is 10.1 Å². The number of nitrogens with one attached hydrogen (secondary N) is 1. The Morgan fingerprint density at radius 1 is 1.30 bits per heavy atom. The zero-order chi connectivity index (χ0) is 15.3. The van der Waals surface area contributed by atoms with Gasteiger partial charge in [-0.3, -0.25) is 10.1 Å². The molecule has 6 heteroatoms. The SMILES string of the molecule is COc1cc(NC2C(C)(C)C2(C)C)c(F)cc1[N+](=O)[O-]. The van der Waals surface area contributed by atoms with E-state index < -0.39 is 10.7 Å². The molecule has 5 nitrogen and oxygen atoms in total. The minimum absolute atomic E-state index is 0.0362. The molecule has 1 fully saturated rings. The van der Waals surface area contributed by atoms with Crippen LogP contribution in [0.3, 0.4) is 0 Å². The number of nitro groups is 1. The van der Waals surface area contributed by atoms with E-state index in [9.17, 15) is 14.5 Å². The molecule has 1 aromatic carbocycles. The summed E-state index contributed by atoms with van der Waals surface area (Å²) in [5.41, 5.74) is -0.0657. The van der Waals surface area contributed by atoms with Gasteiger partial charge in [0.15, 0.2) is 11.6 Å². The summed E-state index contributed by atoms with van der Waals surface area (Å²) in [5.74, 6) is -0.592. The summed E-state index contributed by atoms with van der Waals surface area (Å²) < 4.78 is 19.0. The van der Waals surface area contributed by atoms with Crippen LogP contribution < -0.4 is 10.1 Å². The summed E-state index contributed by atoms with van der Waals surface area (Å²) >= 11 is 0. The highest BCUT2D eigenvalue weighted by Crippen LogP contribution is 2.63. The van der Waals surface area contributed by atoms with Crippen LogP contribution in [-0.2, 0) is 0 Å². The molecule has 1 aliphatic carbocycles. The Kier molecular flexibility index (Phi) is 3.15. The van der Waals surface area contributed by atoms with Crippen molar-refractivity contribution in [2.75, 3.05) is 12.4 Å². The second kappa shape index (κ2) is 4.33. The van der Waals surface area contributed by atoms with Crippen LogP contribution in [-0.4, -0.2) is 18.1 Å². The summed E-state index contributed by atoms with van der Waals surface area (Å²) in [7, 11) is 1.33. The van der Waals surface area contributed by atoms with Gasteiger partial charge in [-0.25, -0.2) is 4.39 Å². The monoisotopic (exact) mass is 282 g/mol. The first-order valence-electron chi connectivity index (χ1n) is 6.41. The molecule has 2 rings (SSSR count). The van der Waals surface area contributed by atoms with Crippen LogP contribution in [0.15, 0.2) is 12.1 Å². The Labute approximate surface area is 117 Å². The van der Waals surface area contributed by atoms with Crippen molar-refractivity contribution in [2.45, 2.75) is 33.7 Å². The molecular formula is C14H19FN2O3. The first kappa shape index (κ1) is 14.6. The Hall–Kier alpha value is -1.85. The number of methoxy groups -OCH3 is 1. The number of hydrogen-bond donors (Lipinski definition) is 1. The van der Waals surface area contributed by atoms with Crippen molar-refractivity contribution in [3.63, 3.8) is 0 Å². The fourth-order valence-electron chi connectivity index (χ4n) is 2.67. The normalized spacial score (nSPS) is 19.5. The molecule has 0 amide bonds. The highest BCUT2D eigenvalue weighted by atomic mass is 19.1. The Morgan fingerprint density at radius 2 is 1.85 bits per heavy atom. The smallest absolute Gasteiger partial charge is 0.313 e. The number of hydrogen-bond acceptors (Lipinski definition) is 4. The zero-order valence-electron chi connectivity index (χ0n) is 12.3. The van der Waals surface area contributed by atoms with Gasteiger partial charge in [0.05, 0.1) is 23.8 Å². The van der Waals surface area contributed by atoms with Gasteiger partial charge in [0, 0.05) is 12.1 Å². The van der Waals surface area contributed by atoms with E-state index in [0.29, 0.717) is 0 Å². The van der Waals surface area contributed by atoms with Crippen molar-refractivity contribution < 1.29 is 14.1 Å². The van der Waals surface area contributed by atoms with E-state index in [1.807, 2.05) is 0 Å². The van der Waals surface area contributed by atoms with Crippen LogP contribution in [0.1, 0.15) is 27.7 Å². The maximum Gasteiger partial charge on any atom is 0.313 e. The summed E-state index contributed by atoms with van der Waals surface area (Å²) in [6, 6.07) is 2.34. The van der Waals surface area contributed by atoms with Gasteiger partial charge in [-0.05, 0) is 10.8 Å². The third kappa shape index (κ3) is 1.99. The van der Waals surface area contributed by atoms with E-state index in [4.69, 9.17) is 4.74 Å². The van der Waals surface area contributed by atoms with Crippen molar-refractivity contribution in [1.29, 1.82) is 0 Å². The van der Waals surface area contributed by atoms with Crippen molar-refractivity contribution in [3.8, 4) is 5.75 Å². The van der Waals surface area contributed by atoms with E-state index in [1.165, 1.54) is 13.2 Å². The van der Waals surface area contributed by atoms with Gasteiger partial charge in [-0.1, -0.05) is 27.7 Å². The lowest BCUT2D eigenvalue weighted by atomic mass is 10.0. The number of benzene rings is 1. The summed E-state index contributed by atoms with van der Waals surface area (Å²) in [6.45, 7) is 8.41. The molecule has 0 atom stereocenters. The highest BCUT2D eigenvalue weighted by molar-refractivity contribution is 5.60. The summed E-state index contributed by atoms with van der Waals surface area (Å²) in [5, 5.41) is 14.0. The third-order valence-electron chi connectivity index (χ3n) is 4.79. The van der Waals surface area contributed by atoms with Crippen LogP contribution in [0.25, 0.3) is 0 Å². The zero-order valence-corrected chi connectivity index (χ0v) is 12.3. The first-order valence-corrected chi connectivity index (χ1v) is 6.41. The van der Waals surface area contributed by atoms with Crippen molar-refractivity contribution >= 4 is 11.4 Å². The summed E-state index contributed by atoms with van der Waals surface area (Å²) in [6.07, 6.45) is 0. The average molecular weight is 282 g/mol. The summed E-state index contributed by atoms with van der Waals surface area (Å²) in [4.78, 5) is 10.2. The number of nitrogens with zero attached hydrogens (tertiary/aromatic N) is 1. The lowest BCUT2D eigenvalue weighted by molar-refractivity contribution is -0.385. The molecule has 0 spiro atoms. The van der Waals surface area contributed by atoms with E-state index >= 15 is 0 Å². The topological polar surface area (TPSA) is 64.4 Å².